The summed E-state index contributed by atoms with van der Waals surface area (Å²) < 4.78 is 16.4. The second-order valence-corrected chi connectivity index (χ2v) is 5.63. The molecule has 6 nitrogen and oxygen atoms in total. The zero-order chi connectivity index (χ0) is 16.5. The number of carbonyl (C=O) groups excluding carboxylic acids is 1. The number of hydrogen-bond donors (Lipinski definition) is 2. The second kappa shape index (κ2) is 9.50. The molecule has 0 radical (unpaired) electrons. The number of aliphatic hydroxyl groups excluding tert-OH is 1. The van der Waals surface area contributed by atoms with E-state index in [1.165, 1.54) is 0 Å². The van der Waals surface area contributed by atoms with Crippen molar-refractivity contribution in [3.8, 4) is 0 Å². The summed E-state index contributed by atoms with van der Waals surface area (Å²) in [5.41, 5.74) is 0.906. The minimum absolute atomic E-state index is 0.186. The van der Waals surface area contributed by atoms with Gasteiger partial charge in [-0.05, 0) is 31.7 Å². The topological polar surface area (TPSA) is 77.0 Å². The van der Waals surface area contributed by atoms with Crippen molar-refractivity contribution >= 4 is 6.09 Å². The molecule has 1 aliphatic rings. The van der Waals surface area contributed by atoms with Crippen LogP contribution in [0.2, 0.25) is 0 Å². The Morgan fingerprint density at radius 2 is 2.17 bits per heavy atom. The van der Waals surface area contributed by atoms with Gasteiger partial charge < -0.3 is 24.6 Å². The Morgan fingerprint density at radius 1 is 1.39 bits per heavy atom. The molecule has 6 heteroatoms. The van der Waals surface area contributed by atoms with E-state index in [0.717, 1.165) is 24.8 Å². The molecule has 1 saturated heterocycles. The normalized spacial score (nSPS) is 20.5. The van der Waals surface area contributed by atoms with Gasteiger partial charge in [-0.1, -0.05) is 30.3 Å². The molecule has 2 N–H and O–H groups in total. The number of aliphatic hydroxyl groups is 1. The Morgan fingerprint density at radius 3 is 2.83 bits per heavy atom. The molecule has 0 spiro atoms. The Kier molecular flexibility index (Phi) is 7.32. The van der Waals surface area contributed by atoms with E-state index in [0.29, 0.717) is 6.61 Å². The van der Waals surface area contributed by atoms with Crippen LogP contribution in [0, 0.1) is 0 Å². The van der Waals surface area contributed by atoms with E-state index in [1.807, 2.05) is 30.3 Å². The first-order valence-corrected chi connectivity index (χ1v) is 8.04. The minimum atomic E-state index is -0.576. The van der Waals surface area contributed by atoms with Gasteiger partial charge in [0.05, 0.1) is 18.8 Å². The van der Waals surface area contributed by atoms with Gasteiger partial charge in [0.2, 0.25) is 0 Å². The summed E-state index contributed by atoms with van der Waals surface area (Å²) in [4.78, 5) is 11.9. The molecule has 1 unspecified atom stereocenters. The van der Waals surface area contributed by atoms with Crippen molar-refractivity contribution < 1.29 is 24.1 Å². The Bertz CT molecular complexity index is 461. The minimum Gasteiger partial charge on any atom is -0.445 e. The van der Waals surface area contributed by atoms with E-state index in [1.54, 1.807) is 6.92 Å². The van der Waals surface area contributed by atoms with Gasteiger partial charge in [-0.25, -0.2) is 4.79 Å². The summed E-state index contributed by atoms with van der Waals surface area (Å²) in [5, 5.41) is 12.1. The van der Waals surface area contributed by atoms with E-state index in [2.05, 4.69) is 5.32 Å². The number of rotatable bonds is 7. The lowest BCUT2D eigenvalue weighted by Gasteiger charge is -2.29. The molecule has 0 saturated carbocycles. The van der Waals surface area contributed by atoms with Crippen molar-refractivity contribution in [3.05, 3.63) is 35.9 Å². The van der Waals surface area contributed by atoms with E-state index in [9.17, 15) is 9.90 Å². The lowest BCUT2D eigenvalue weighted by atomic mass is 10.1. The van der Waals surface area contributed by atoms with Gasteiger partial charge in [0.15, 0.2) is 6.29 Å². The molecule has 0 aliphatic carbocycles. The van der Waals surface area contributed by atoms with Crippen LogP contribution in [-0.4, -0.2) is 42.8 Å². The van der Waals surface area contributed by atoms with Crippen molar-refractivity contribution in [2.75, 3.05) is 13.2 Å². The highest BCUT2D eigenvalue weighted by Gasteiger charge is 2.24. The van der Waals surface area contributed by atoms with Gasteiger partial charge >= 0.3 is 6.09 Å². The third-order valence-corrected chi connectivity index (χ3v) is 3.78. The van der Waals surface area contributed by atoms with Gasteiger partial charge in [0, 0.05) is 6.61 Å². The quantitative estimate of drug-likeness (QED) is 0.804. The van der Waals surface area contributed by atoms with Crippen molar-refractivity contribution in [1.82, 2.24) is 5.32 Å². The second-order valence-electron chi connectivity index (χ2n) is 5.63. The lowest BCUT2D eigenvalue weighted by molar-refractivity contribution is -0.191. The van der Waals surface area contributed by atoms with Gasteiger partial charge in [-0.2, -0.15) is 0 Å². The number of hydrogen-bond acceptors (Lipinski definition) is 5. The highest BCUT2D eigenvalue weighted by Crippen LogP contribution is 2.16. The van der Waals surface area contributed by atoms with Crippen molar-refractivity contribution in [3.63, 3.8) is 0 Å². The smallest absolute Gasteiger partial charge is 0.407 e. The predicted molar refractivity (Wildman–Crippen MR) is 84.8 cm³/mol. The largest absolute Gasteiger partial charge is 0.445 e. The van der Waals surface area contributed by atoms with E-state index < -0.39 is 12.1 Å². The molecule has 128 valence electrons. The van der Waals surface area contributed by atoms with Crippen molar-refractivity contribution in [1.29, 1.82) is 0 Å². The van der Waals surface area contributed by atoms with E-state index in [4.69, 9.17) is 14.2 Å². The Labute approximate surface area is 136 Å². The average molecular weight is 323 g/mol. The molecular formula is C17H25NO5. The SMILES string of the molecule is C[C@@H](OC1CCCCO1)[C@@H](CO)NC(=O)OCc1ccccc1. The molecule has 1 aromatic carbocycles. The van der Waals surface area contributed by atoms with Crippen LogP contribution in [-0.2, 0) is 20.8 Å². The molecule has 1 fully saturated rings. The first-order chi connectivity index (χ1) is 11.2. The number of amides is 1. The number of ether oxygens (including phenoxy) is 3. The fourth-order valence-electron chi connectivity index (χ4n) is 2.38. The zero-order valence-corrected chi connectivity index (χ0v) is 13.4. The lowest BCUT2D eigenvalue weighted by Crippen LogP contribution is -2.47. The molecule has 0 bridgehead atoms. The molecule has 1 aromatic rings. The third-order valence-electron chi connectivity index (χ3n) is 3.78. The van der Waals surface area contributed by atoms with Crippen molar-refractivity contribution in [2.24, 2.45) is 0 Å². The summed E-state index contributed by atoms with van der Waals surface area (Å²) in [7, 11) is 0. The predicted octanol–water partition coefficient (Wildman–Crippen LogP) is 2.21. The maximum Gasteiger partial charge on any atom is 0.407 e. The molecular weight excluding hydrogens is 298 g/mol. The van der Waals surface area contributed by atoms with Crippen LogP contribution in [0.4, 0.5) is 4.79 Å². The van der Waals surface area contributed by atoms with Crippen molar-refractivity contribution in [2.45, 2.75) is 51.2 Å². The van der Waals surface area contributed by atoms with Crippen LogP contribution in [0.15, 0.2) is 30.3 Å². The average Bonchev–Trinajstić information content (AvgIpc) is 2.59. The maximum absolute atomic E-state index is 11.9. The molecule has 3 atom stereocenters. The Hall–Kier alpha value is -1.63. The summed E-state index contributed by atoms with van der Waals surface area (Å²) in [6, 6.07) is 8.88. The van der Waals surface area contributed by atoms with Crippen LogP contribution in [0.1, 0.15) is 31.7 Å². The first kappa shape index (κ1) is 17.7. The molecule has 0 aromatic heterocycles. The maximum atomic E-state index is 11.9. The van der Waals surface area contributed by atoms with Gasteiger partial charge in [-0.15, -0.1) is 0 Å². The standard InChI is InChI=1S/C17H25NO5/c1-13(23-16-9-5-6-10-21-16)15(11-19)18-17(20)22-12-14-7-3-2-4-8-14/h2-4,7-8,13,15-16,19H,5-6,9-12H2,1H3,(H,18,20)/t13-,15-,16?/m1/s1. The Balaban J connectivity index is 1.74. The fraction of sp³-hybridized carbons (Fsp3) is 0.588. The molecule has 1 aliphatic heterocycles. The highest BCUT2D eigenvalue weighted by molar-refractivity contribution is 5.67. The molecule has 1 amide bonds. The van der Waals surface area contributed by atoms with Crippen LogP contribution in [0.5, 0.6) is 0 Å². The number of carbonyl (C=O) groups is 1. The molecule has 1 heterocycles. The molecule has 23 heavy (non-hydrogen) atoms. The van der Waals surface area contributed by atoms with Gasteiger partial charge in [-0.3, -0.25) is 0 Å². The van der Waals surface area contributed by atoms with Crippen LogP contribution < -0.4 is 5.32 Å². The monoisotopic (exact) mass is 323 g/mol. The van der Waals surface area contributed by atoms with Gasteiger partial charge in [0.1, 0.15) is 6.61 Å². The highest BCUT2D eigenvalue weighted by atomic mass is 16.7. The summed E-state index contributed by atoms with van der Waals surface area (Å²) in [6.45, 7) is 2.45. The summed E-state index contributed by atoms with van der Waals surface area (Å²) in [6.07, 6.45) is 1.73. The van der Waals surface area contributed by atoms with E-state index in [-0.39, 0.29) is 25.6 Å². The number of nitrogens with one attached hydrogen (secondary N) is 1. The fourth-order valence-corrected chi connectivity index (χ4v) is 2.38. The molecule has 2 rings (SSSR count). The zero-order valence-electron chi connectivity index (χ0n) is 13.4. The number of benzene rings is 1. The summed E-state index contributed by atoms with van der Waals surface area (Å²) in [5.74, 6) is 0. The third kappa shape index (κ3) is 6.17. The van der Waals surface area contributed by atoms with Crippen LogP contribution in [0.25, 0.3) is 0 Å². The van der Waals surface area contributed by atoms with Gasteiger partial charge in [0.25, 0.3) is 0 Å². The first-order valence-electron chi connectivity index (χ1n) is 8.04. The van der Waals surface area contributed by atoms with Crippen LogP contribution >= 0.6 is 0 Å². The van der Waals surface area contributed by atoms with E-state index >= 15 is 0 Å². The number of alkyl carbamates (subject to hydrolysis) is 1. The van der Waals surface area contributed by atoms with Crippen LogP contribution in [0.3, 0.4) is 0 Å². The summed E-state index contributed by atoms with van der Waals surface area (Å²) >= 11 is 0.